The zero-order chi connectivity index (χ0) is 15.5. The maximum absolute atomic E-state index is 12.0. The van der Waals surface area contributed by atoms with E-state index in [0.717, 1.165) is 44.3 Å². The number of aliphatic hydroxyl groups is 1. The number of nitrogens with one attached hydrogen (secondary N) is 1. The van der Waals surface area contributed by atoms with Crippen molar-refractivity contribution in [1.29, 1.82) is 0 Å². The topological polar surface area (TPSA) is 52.6 Å². The number of halogens is 1. The number of carbonyl (C=O) groups is 1. The van der Waals surface area contributed by atoms with Crippen molar-refractivity contribution in [2.45, 2.75) is 37.8 Å². The molecule has 1 aliphatic heterocycles. The van der Waals surface area contributed by atoms with E-state index in [1.807, 2.05) is 12.1 Å². The maximum Gasteiger partial charge on any atom is 0.223 e. The molecule has 0 radical (unpaired) electrons. The van der Waals surface area contributed by atoms with Gasteiger partial charge in [0.05, 0.1) is 6.10 Å². The Hall–Kier alpha value is -1.10. The standard InChI is InChI=1S/C17H23ClN2O2/c18-14-3-1-12(2-4-14)16(21)11-20-9-7-13(8-10-20)17(22)19-15-5-6-15/h1-4,13,15-16,21H,5-11H2,(H,19,22)/t16-/m1/s1. The van der Waals surface area contributed by atoms with Crippen molar-refractivity contribution in [2.24, 2.45) is 5.92 Å². The van der Waals surface area contributed by atoms with Crippen LogP contribution in [0.5, 0.6) is 0 Å². The fraction of sp³-hybridized carbons (Fsp3) is 0.588. The molecule has 2 aliphatic rings. The van der Waals surface area contributed by atoms with Crippen molar-refractivity contribution in [3.05, 3.63) is 34.9 Å². The molecule has 2 fully saturated rings. The van der Waals surface area contributed by atoms with E-state index in [4.69, 9.17) is 11.6 Å². The van der Waals surface area contributed by atoms with Crippen LogP contribution in [0.15, 0.2) is 24.3 Å². The number of piperidine rings is 1. The first-order valence-electron chi connectivity index (χ1n) is 8.08. The van der Waals surface area contributed by atoms with Gasteiger partial charge in [-0.3, -0.25) is 4.79 Å². The molecule has 1 saturated heterocycles. The van der Waals surface area contributed by atoms with Crippen molar-refractivity contribution in [3.8, 4) is 0 Å². The Bertz CT molecular complexity index is 508. The molecule has 120 valence electrons. The number of β-amino-alcohol motifs (C(OH)–C–C–N with tert-alkyl or cyclic N) is 1. The highest BCUT2D eigenvalue weighted by atomic mass is 35.5. The molecule has 5 heteroatoms. The number of aliphatic hydroxyl groups excluding tert-OH is 1. The smallest absolute Gasteiger partial charge is 0.223 e. The van der Waals surface area contributed by atoms with Gasteiger partial charge in [0, 0.05) is 23.5 Å². The average molecular weight is 323 g/mol. The lowest BCUT2D eigenvalue weighted by Gasteiger charge is -2.32. The lowest BCUT2D eigenvalue weighted by molar-refractivity contribution is -0.126. The maximum atomic E-state index is 12.0. The molecule has 1 aromatic rings. The number of hydrogen-bond acceptors (Lipinski definition) is 3. The predicted molar refractivity (Wildman–Crippen MR) is 86.7 cm³/mol. The summed E-state index contributed by atoms with van der Waals surface area (Å²) in [6.07, 6.45) is 3.53. The van der Waals surface area contributed by atoms with Crippen LogP contribution in [0.3, 0.4) is 0 Å². The molecule has 0 aromatic heterocycles. The molecule has 22 heavy (non-hydrogen) atoms. The molecule has 1 atom stereocenters. The number of rotatable bonds is 5. The van der Waals surface area contributed by atoms with Crippen molar-refractivity contribution >= 4 is 17.5 Å². The molecule has 4 nitrogen and oxygen atoms in total. The predicted octanol–water partition coefficient (Wildman–Crippen LogP) is 2.36. The Labute approximate surface area is 136 Å². The van der Waals surface area contributed by atoms with Crippen LogP contribution in [0.4, 0.5) is 0 Å². The fourth-order valence-electron chi connectivity index (χ4n) is 2.96. The van der Waals surface area contributed by atoms with Gasteiger partial charge < -0.3 is 15.3 Å². The molecule has 1 aliphatic carbocycles. The summed E-state index contributed by atoms with van der Waals surface area (Å²) in [6, 6.07) is 7.77. The third kappa shape index (κ3) is 4.22. The largest absolute Gasteiger partial charge is 0.387 e. The number of amides is 1. The summed E-state index contributed by atoms with van der Waals surface area (Å²) in [5.41, 5.74) is 0.887. The van der Waals surface area contributed by atoms with Gasteiger partial charge in [-0.15, -0.1) is 0 Å². The molecular weight excluding hydrogens is 300 g/mol. The van der Waals surface area contributed by atoms with E-state index >= 15 is 0 Å². The zero-order valence-corrected chi connectivity index (χ0v) is 13.4. The minimum absolute atomic E-state index is 0.143. The molecule has 2 N–H and O–H groups in total. The second-order valence-electron chi connectivity index (χ2n) is 6.43. The van der Waals surface area contributed by atoms with E-state index in [0.29, 0.717) is 17.6 Å². The van der Waals surface area contributed by atoms with E-state index in [-0.39, 0.29) is 11.8 Å². The van der Waals surface area contributed by atoms with Crippen molar-refractivity contribution < 1.29 is 9.90 Å². The quantitative estimate of drug-likeness (QED) is 0.875. The minimum atomic E-state index is -0.505. The zero-order valence-electron chi connectivity index (χ0n) is 12.7. The first kappa shape index (κ1) is 15.8. The first-order valence-corrected chi connectivity index (χ1v) is 8.46. The van der Waals surface area contributed by atoms with E-state index in [1.54, 1.807) is 12.1 Å². The van der Waals surface area contributed by atoms with Gasteiger partial charge >= 0.3 is 0 Å². The minimum Gasteiger partial charge on any atom is -0.387 e. The summed E-state index contributed by atoms with van der Waals surface area (Å²) in [5.74, 6) is 0.366. The molecule has 0 unspecified atom stereocenters. The monoisotopic (exact) mass is 322 g/mol. The molecule has 3 rings (SSSR count). The van der Waals surface area contributed by atoms with Gasteiger partial charge in [-0.05, 0) is 56.5 Å². The first-order chi connectivity index (χ1) is 10.6. The number of benzene rings is 1. The molecule has 1 heterocycles. The van der Waals surface area contributed by atoms with Gasteiger partial charge in [0.25, 0.3) is 0 Å². The van der Waals surface area contributed by atoms with Gasteiger partial charge in [0.15, 0.2) is 0 Å². The Morgan fingerprint density at radius 1 is 1.23 bits per heavy atom. The second kappa shape index (κ2) is 6.99. The van der Waals surface area contributed by atoms with E-state index in [2.05, 4.69) is 10.2 Å². The van der Waals surface area contributed by atoms with E-state index in [9.17, 15) is 9.90 Å². The highest BCUT2D eigenvalue weighted by Crippen LogP contribution is 2.24. The SMILES string of the molecule is O=C(NC1CC1)C1CCN(C[C@@H](O)c2ccc(Cl)cc2)CC1. The lowest BCUT2D eigenvalue weighted by atomic mass is 9.95. The van der Waals surface area contributed by atoms with Gasteiger partial charge in [-0.2, -0.15) is 0 Å². The summed E-state index contributed by atoms with van der Waals surface area (Å²) >= 11 is 5.86. The van der Waals surface area contributed by atoms with Crippen LogP contribution in [0.1, 0.15) is 37.4 Å². The molecule has 1 saturated carbocycles. The Morgan fingerprint density at radius 3 is 2.45 bits per heavy atom. The number of carbonyl (C=O) groups excluding carboxylic acids is 1. The van der Waals surface area contributed by atoms with Crippen molar-refractivity contribution in [1.82, 2.24) is 10.2 Å². The molecule has 0 spiro atoms. The van der Waals surface area contributed by atoms with Gasteiger partial charge in [0.1, 0.15) is 0 Å². The molecule has 0 bridgehead atoms. The number of nitrogens with zero attached hydrogens (tertiary/aromatic N) is 1. The van der Waals surface area contributed by atoms with Crippen LogP contribution < -0.4 is 5.32 Å². The molecular formula is C17H23ClN2O2. The Kier molecular flexibility index (Phi) is 5.01. The summed E-state index contributed by atoms with van der Waals surface area (Å²) in [5, 5.41) is 14.1. The molecule has 1 amide bonds. The summed E-state index contributed by atoms with van der Waals surface area (Å²) < 4.78 is 0. The van der Waals surface area contributed by atoms with Crippen LogP contribution >= 0.6 is 11.6 Å². The Balaban J connectivity index is 1.44. The van der Waals surface area contributed by atoms with E-state index < -0.39 is 6.10 Å². The number of hydrogen-bond donors (Lipinski definition) is 2. The van der Waals surface area contributed by atoms with Crippen LogP contribution in [0.25, 0.3) is 0 Å². The van der Waals surface area contributed by atoms with Crippen molar-refractivity contribution in [2.75, 3.05) is 19.6 Å². The average Bonchev–Trinajstić information content (AvgIpc) is 3.32. The summed E-state index contributed by atoms with van der Waals surface area (Å²) in [7, 11) is 0. The van der Waals surface area contributed by atoms with E-state index in [1.165, 1.54) is 0 Å². The van der Waals surface area contributed by atoms with Crippen LogP contribution in [0.2, 0.25) is 5.02 Å². The Morgan fingerprint density at radius 2 is 1.86 bits per heavy atom. The third-order valence-electron chi connectivity index (χ3n) is 4.57. The summed E-state index contributed by atoms with van der Waals surface area (Å²) in [6.45, 7) is 2.35. The van der Waals surface area contributed by atoms with Crippen molar-refractivity contribution in [3.63, 3.8) is 0 Å². The number of likely N-dealkylation sites (tertiary alicyclic amines) is 1. The fourth-order valence-corrected chi connectivity index (χ4v) is 3.09. The highest BCUT2D eigenvalue weighted by molar-refractivity contribution is 6.30. The van der Waals surface area contributed by atoms with Crippen LogP contribution in [-0.2, 0) is 4.79 Å². The molecule has 1 aromatic carbocycles. The van der Waals surface area contributed by atoms with Gasteiger partial charge in [0.2, 0.25) is 5.91 Å². The van der Waals surface area contributed by atoms with Gasteiger partial charge in [-0.25, -0.2) is 0 Å². The lowest BCUT2D eigenvalue weighted by Crippen LogP contribution is -2.42. The summed E-state index contributed by atoms with van der Waals surface area (Å²) in [4.78, 5) is 14.3. The third-order valence-corrected chi connectivity index (χ3v) is 4.82. The normalized spacial score (nSPS) is 21.5. The van der Waals surface area contributed by atoms with Gasteiger partial charge in [-0.1, -0.05) is 23.7 Å². The van der Waals surface area contributed by atoms with Crippen LogP contribution in [0, 0.1) is 5.92 Å². The van der Waals surface area contributed by atoms with Crippen LogP contribution in [-0.4, -0.2) is 41.6 Å². The second-order valence-corrected chi connectivity index (χ2v) is 6.86. The highest BCUT2D eigenvalue weighted by Gasteiger charge is 2.30.